The van der Waals surface area contributed by atoms with E-state index in [9.17, 15) is 23.1 Å². The highest BCUT2D eigenvalue weighted by atomic mass is 32.2. The Morgan fingerprint density at radius 2 is 1.78 bits per heavy atom. The molecule has 0 bridgehead atoms. The van der Waals surface area contributed by atoms with Crippen molar-refractivity contribution in [2.24, 2.45) is 11.8 Å². The zero-order chi connectivity index (χ0) is 17.2. The average molecular weight is 337 g/mol. The van der Waals surface area contributed by atoms with Crippen molar-refractivity contribution in [1.82, 2.24) is 0 Å². The molecule has 23 heavy (non-hydrogen) atoms. The van der Waals surface area contributed by atoms with Gasteiger partial charge in [-0.15, -0.1) is 0 Å². The highest BCUT2D eigenvalue weighted by molar-refractivity contribution is 7.90. The quantitative estimate of drug-likeness (QED) is 0.819. The first-order valence-corrected chi connectivity index (χ1v) is 9.08. The Bertz CT molecular complexity index is 767. The zero-order valence-electron chi connectivity index (χ0n) is 12.9. The van der Waals surface area contributed by atoms with Crippen molar-refractivity contribution in [3.05, 3.63) is 35.9 Å². The van der Waals surface area contributed by atoms with Gasteiger partial charge in [0.25, 0.3) is 0 Å². The highest BCUT2D eigenvalue weighted by Crippen LogP contribution is 2.28. The number of allylic oxidation sites excluding steroid dienone is 2. The molecule has 0 fully saturated rings. The van der Waals surface area contributed by atoms with Gasteiger partial charge in [-0.1, -0.05) is 18.2 Å². The van der Waals surface area contributed by atoms with Crippen LogP contribution in [0.1, 0.15) is 18.4 Å². The van der Waals surface area contributed by atoms with Crippen LogP contribution in [0, 0.1) is 18.8 Å². The number of sulfone groups is 1. The summed E-state index contributed by atoms with van der Waals surface area (Å²) >= 11 is 0. The third-order valence-electron chi connectivity index (χ3n) is 3.98. The Labute approximate surface area is 135 Å². The molecule has 1 aliphatic carbocycles. The van der Waals surface area contributed by atoms with Crippen LogP contribution in [0.4, 0.5) is 5.69 Å². The minimum Gasteiger partial charge on any atom is -0.481 e. The van der Waals surface area contributed by atoms with Gasteiger partial charge < -0.3 is 10.4 Å². The molecular formula is C16H19NO5S. The summed E-state index contributed by atoms with van der Waals surface area (Å²) in [6, 6.07) is 4.49. The molecule has 1 aromatic carbocycles. The number of rotatable bonds is 4. The van der Waals surface area contributed by atoms with E-state index in [0.29, 0.717) is 24.1 Å². The first-order chi connectivity index (χ1) is 10.7. The van der Waals surface area contributed by atoms with Gasteiger partial charge in [0.15, 0.2) is 9.84 Å². The molecule has 0 aliphatic heterocycles. The predicted molar refractivity (Wildman–Crippen MR) is 85.9 cm³/mol. The van der Waals surface area contributed by atoms with E-state index in [2.05, 4.69) is 5.32 Å². The molecule has 0 aromatic heterocycles. The number of aryl methyl sites for hydroxylation is 1. The molecule has 0 heterocycles. The molecule has 6 nitrogen and oxygen atoms in total. The summed E-state index contributed by atoms with van der Waals surface area (Å²) in [4.78, 5) is 23.8. The summed E-state index contributed by atoms with van der Waals surface area (Å²) in [5, 5.41) is 11.9. The molecule has 7 heteroatoms. The van der Waals surface area contributed by atoms with Gasteiger partial charge in [-0.2, -0.15) is 0 Å². The lowest BCUT2D eigenvalue weighted by atomic mass is 9.82. The highest BCUT2D eigenvalue weighted by Gasteiger charge is 2.34. The first kappa shape index (κ1) is 17.2. The fourth-order valence-electron chi connectivity index (χ4n) is 2.57. The molecule has 124 valence electrons. The predicted octanol–water partition coefficient (Wildman–Crippen LogP) is 2.00. The third kappa shape index (κ3) is 3.98. The largest absolute Gasteiger partial charge is 0.481 e. The van der Waals surface area contributed by atoms with Gasteiger partial charge >= 0.3 is 5.97 Å². The topological polar surface area (TPSA) is 101 Å². The van der Waals surface area contributed by atoms with Gasteiger partial charge in [0.2, 0.25) is 5.91 Å². The van der Waals surface area contributed by atoms with Crippen molar-refractivity contribution < 1.29 is 23.1 Å². The van der Waals surface area contributed by atoms with Gasteiger partial charge in [0, 0.05) is 11.9 Å². The summed E-state index contributed by atoms with van der Waals surface area (Å²) in [7, 11) is -3.38. The number of aliphatic carboxylic acids is 1. The van der Waals surface area contributed by atoms with Crippen LogP contribution in [-0.4, -0.2) is 31.7 Å². The molecule has 1 aliphatic rings. The smallest absolute Gasteiger partial charge is 0.307 e. The molecule has 1 aromatic rings. The number of amides is 1. The number of anilines is 1. The third-order valence-corrected chi connectivity index (χ3v) is 5.09. The maximum Gasteiger partial charge on any atom is 0.307 e. The second-order valence-electron chi connectivity index (χ2n) is 5.73. The van der Waals surface area contributed by atoms with Gasteiger partial charge in [-0.25, -0.2) is 8.42 Å². The Hall–Kier alpha value is -2.15. The summed E-state index contributed by atoms with van der Waals surface area (Å²) in [5.74, 6) is -2.84. The van der Waals surface area contributed by atoms with E-state index in [1.807, 2.05) is 0 Å². The Morgan fingerprint density at radius 3 is 2.35 bits per heavy atom. The lowest BCUT2D eigenvalue weighted by Crippen LogP contribution is -2.34. The van der Waals surface area contributed by atoms with E-state index in [-0.39, 0.29) is 4.90 Å². The first-order valence-electron chi connectivity index (χ1n) is 7.19. The van der Waals surface area contributed by atoms with Gasteiger partial charge in [0.1, 0.15) is 0 Å². The van der Waals surface area contributed by atoms with Crippen LogP contribution < -0.4 is 5.32 Å². The summed E-state index contributed by atoms with van der Waals surface area (Å²) in [6.07, 6.45) is 5.32. The molecule has 2 atom stereocenters. The number of hydrogen-bond donors (Lipinski definition) is 2. The van der Waals surface area contributed by atoms with Crippen molar-refractivity contribution in [2.45, 2.75) is 24.7 Å². The fourth-order valence-corrected chi connectivity index (χ4v) is 3.22. The van der Waals surface area contributed by atoms with Crippen molar-refractivity contribution in [1.29, 1.82) is 0 Å². The fraction of sp³-hybridized carbons (Fsp3) is 0.375. The second kappa shape index (κ2) is 6.54. The van der Waals surface area contributed by atoms with Crippen LogP contribution in [0.3, 0.4) is 0 Å². The van der Waals surface area contributed by atoms with Gasteiger partial charge in [-0.05, 0) is 37.5 Å². The number of carbonyl (C=O) groups excluding carboxylic acids is 1. The van der Waals surface area contributed by atoms with E-state index in [1.165, 1.54) is 12.1 Å². The van der Waals surface area contributed by atoms with Crippen molar-refractivity contribution in [3.8, 4) is 0 Å². The Balaban J connectivity index is 2.26. The normalized spacial score (nSPS) is 21.0. The number of hydrogen-bond acceptors (Lipinski definition) is 4. The Kier molecular flexibility index (Phi) is 4.89. The average Bonchev–Trinajstić information content (AvgIpc) is 2.48. The number of benzene rings is 1. The van der Waals surface area contributed by atoms with E-state index in [1.54, 1.807) is 25.1 Å². The monoisotopic (exact) mass is 337 g/mol. The van der Waals surface area contributed by atoms with Crippen molar-refractivity contribution >= 4 is 27.4 Å². The van der Waals surface area contributed by atoms with Gasteiger partial charge in [0.05, 0.1) is 16.7 Å². The second-order valence-corrected chi connectivity index (χ2v) is 7.75. The van der Waals surface area contributed by atoms with Crippen molar-refractivity contribution in [2.75, 3.05) is 11.6 Å². The molecule has 0 unspecified atom stereocenters. The maximum absolute atomic E-state index is 12.4. The minimum atomic E-state index is -3.38. The van der Waals surface area contributed by atoms with Crippen LogP contribution in [0.25, 0.3) is 0 Å². The standard InChI is InChI=1S/C16H19NO5S/c1-10-7-8-11(23(2,21)22)9-14(10)17-15(18)12-5-3-4-6-13(12)16(19)20/h3-4,7-9,12-13H,5-6H2,1-2H3,(H,17,18)(H,19,20)/t12-,13-/m1/s1. The van der Waals surface area contributed by atoms with E-state index in [4.69, 9.17) is 0 Å². The summed E-state index contributed by atoms with van der Waals surface area (Å²) < 4.78 is 23.3. The molecule has 0 saturated carbocycles. The van der Waals surface area contributed by atoms with Crippen LogP contribution >= 0.6 is 0 Å². The number of carbonyl (C=O) groups is 2. The van der Waals surface area contributed by atoms with Crippen LogP contribution in [0.5, 0.6) is 0 Å². The molecule has 2 rings (SSSR count). The van der Waals surface area contributed by atoms with Gasteiger partial charge in [-0.3, -0.25) is 9.59 Å². The Morgan fingerprint density at radius 1 is 1.17 bits per heavy atom. The molecule has 1 amide bonds. The van der Waals surface area contributed by atoms with Crippen LogP contribution in [-0.2, 0) is 19.4 Å². The minimum absolute atomic E-state index is 0.108. The lowest BCUT2D eigenvalue weighted by Gasteiger charge is -2.24. The molecule has 2 N–H and O–H groups in total. The zero-order valence-corrected chi connectivity index (χ0v) is 13.8. The molecule has 0 radical (unpaired) electrons. The van der Waals surface area contributed by atoms with Crippen LogP contribution in [0.15, 0.2) is 35.2 Å². The summed E-state index contributed by atoms with van der Waals surface area (Å²) in [6.45, 7) is 1.75. The maximum atomic E-state index is 12.4. The van der Waals surface area contributed by atoms with Crippen LogP contribution in [0.2, 0.25) is 0 Å². The molecule has 0 saturated heterocycles. The van der Waals surface area contributed by atoms with E-state index >= 15 is 0 Å². The van der Waals surface area contributed by atoms with E-state index < -0.39 is 33.5 Å². The van der Waals surface area contributed by atoms with E-state index in [0.717, 1.165) is 6.26 Å². The summed E-state index contributed by atoms with van der Waals surface area (Å²) in [5.41, 5.74) is 1.10. The number of nitrogens with one attached hydrogen (secondary N) is 1. The number of carboxylic acid groups (broad SMARTS) is 1. The van der Waals surface area contributed by atoms with Crippen molar-refractivity contribution in [3.63, 3.8) is 0 Å². The SMILES string of the molecule is Cc1ccc(S(C)(=O)=O)cc1NC(=O)[C@@H]1CC=CC[C@H]1C(=O)O. The molecule has 0 spiro atoms. The molecular weight excluding hydrogens is 318 g/mol. The number of carboxylic acids is 1. The lowest BCUT2D eigenvalue weighted by molar-refractivity contribution is -0.146.